The van der Waals surface area contributed by atoms with Gasteiger partial charge in [0.2, 0.25) is 11.8 Å². The number of rotatable bonds is 3. The van der Waals surface area contributed by atoms with E-state index in [1.54, 1.807) is 12.4 Å². The molecule has 3 rings (SSSR count). The second kappa shape index (κ2) is 6.13. The summed E-state index contributed by atoms with van der Waals surface area (Å²) < 4.78 is 0.969. The van der Waals surface area contributed by atoms with Gasteiger partial charge in [-0.05, 0) is 23.8 Å². The molecule has 116 valence electrons. The minimum Gasteiger partial charge on any atom is -0.325 e. The predicted molar refractivity (Wildman–Crippen MR) is 91.5 cm³/mol. The van der Waals surface area contributed by atoms with Crippen molar-refractivity contribution in [1.29, 1.82) is 0 Å². The van der Waals surface area contributed by atoms with Crippen molar-refractivity contribution in [2.75, 3.05) is 10.6 Å². The highest BCUT2D eigenvalue weighted by molar-refractivity contribution is 7.22. The zero-order valence-corrected chi connectivity index (χ0v) is 13.4. The molecule has 23 heavy (non-hydrogen) atoms. The number of nitrogens with one attached hydrogen (secondary N) is 2. The Balaban J connectivity index is 1.96. The number of carbonyl (C=O) groups excluding carboxylic acids is 2. The molecule has 2 amide bonds. The van der Waals surface area contributed by atoms with Gasteiger partial charge < -0.3 is 10.6 Å². The van der Waals surface area contributed by atoms with Gasteiger partial charge in [0.05, 0.1) is 22.1 Å². The summed E-state index contributed by atoms with van der Waals surface area (Å²) in [6.07, 6.45) is 3.34. The fraction of sp³-hybridized carbons (Fsp3) is 0.125. The van der Waals surface area contributed by atoms with E-state index in [-0.39, 0.29) is 11.8 Å². The maximum Gasteiger partial charge on any atom is 0.223 e. The van der Waals surface area contributed by atoms with Crippen molar-refractivity contribution in [2.24, 2.45) is 0 Å². The van der Waals surface area contributed by atoms with Crippen LogP contribution in [0, 0.1) is 0 Å². The van der Waals surface area contributed by atoms with E-state index in [0.29, 0.717) is 10.8 Å². The Morgan fingerprint density at radius 1 is 1.00 bits per heavy atom. The highest BCUT2D eigenvalue weighted by Gasteiger charge is 2.08. The topological polar surface area (TPSA) is 84.0 Å². The van der Waals surface area contributed by atoms with Crippen LogP contribution in [0.3, 0.4) is 0 Å². The molecule has 0 spiro atoms. The Kier molecular flexibility index (Phi) is 4.03. The number of thiazole rings is 1. The largest absolute Gasteiger partial charge is 0.325 e. The van der Waals surface area contributed by atoms with Crippen molar-refractivity contribution in [3.63, 3.8) is 0 Å². The van der Waals surface area contributed by atoms with Crippen molar-refractivity contribution < 1.29 is 9.59 Å². The number of hydrogen-bond acceptors (Lipinski definition) is 5. The lowest BCUT2D eigenvalue weighted by Gasteiger charge is -2.05. The Labute approximate surface area is 136 Å². The number of hydrogen-bond donors (Lipinski definition) is 2. The minimum absolute atomic E-state index is 0.137. The van der Waals surface area contributed by atoms with Crippen LogP contribution in [0.5, 0.6) is 0 Å². The van der Waals surface area contributed by atoms with Crippen molar-refractivity contribution in [3.05, 3.63) is 36.7 Å². The van der Waals surface area contributed by atoms with Gasteiger partial charge in [0.15, 0.2) is 5.13 Å². The fourth-order valence-electron chi connectivity index (χ4n) is 2.18. The fourth-order valence-corrected chi connectivity index (χ4v) is 3.13. The first kappa shape index (κ1) is 15.1. The summed E-state index contributed by atoms with van der Waals surface area (Å²) in [5.41, 5.74) is 3.34. The predicted octanol–water partition coefficient (Wildman–Crippen LogP) is 3.28. The highest BCUT2D eigenvalue weighted by Crippen LogP contribution is 2.31. The van der Waals surface area contributed by atoms with Gasteiger partial charge in [0, 0.05) is 25.6 Å². The number of pyridine rings is 1. The standard InChI is InChI=1S/C16H14N4O2S/c1-9(21)18-13-5-12(7-17-8-13)11-3-4-14-15(6-11)23-16(20-14)19-10(2)22/h3-8H,1-2H3,(H,18,21)(H,19,20,22). The molecule has 2 heterocycles. The number of carbonyl (C=O) groups is 2. The Morgan fingerprint density at radius 2 is 1.78 bits per heavy atom. The number of aromatic nitrogens is 2. The maximum atomic E-state index is 11.1. The first-order valence-electron chi connectivity index (χ1n) is 6.92. The van der Waals surface area contributed by atoms with Crippen LogP contribution in [-0.4, -0.2) is 21.8 Å². The number of amides is 2. The summed E-state index contributed by atoms with van der Waals surface area (Å²) in [7, 11) is 0. The summed E-state index contributed by atoms with van der Waals surface area (Å²) in [6.45, 7) is 2.91. The second-order valence-corrected chi connectivity index (χ2v) is 6.06. The lowest BCUT2D eigenvalue weighted by Crippen LogP contribution is -2.05. The van der Waals surface area contributed by atoms with Gasteiger partial charge in [-0.2, -0.15) is 0 Å². The molecule has 7 heteroatoms. The van der Waals surface area contributed by atoms with Crippen LogP contribution in [0.1, 0.15) is 13.8 Å². The third-order valence-electron chi connectivity index (χ3n) is 3.06. The van der Waals surface area contributed by atoms with Crippen molar-refractivity contribution in [2.45, 2.75) is 13.8 Å². The zero-order valence-electron chi connectivity index (χ0n) is 12.6. The highest BCUT2D eigenvalue weighted by atomic mass is 32.1. The van der Waals surface area contributed by atoms with Crippen LogP contribution in [0.15, 0.2) is 36.7 Å². The number of fused-ring (bicyclic) bond motifs is 1. The SMILES string of the molecule is CC(=O)Nc1cncc(-c2ccc3nc(NC(C)=O)sc3c2)c1. The van der Waals surface area contributed by atoms with Crippen LogP contribution < -0.4 is 10.6 Å². The van der Waals surface area contributed by atoms with Crippen molar-refractivity contribution in [3.8, 4) is 11.1 Å². The van der Waals surface area contributed by atoms with E-state index in [2.05, 4.69) is 20.6 Å². The van der Waals surface area contributed by atoms with E-state index in [1.807, 2.05) is 24.3 Å². The third kappa shape index (κ3) is 3.51. The average molecular weight is 326 g/mol. The average Bonchev–Trinajstić information content (AvgIpc) is 2.87. The quantitative estimate of drug-likeness (QED) is 0.773. The molecule has 0 atom stereocenters. The number of benzene rings is 1. The van der Waals surface area contributed by atoms with Crippen molar-refractivity contribution in [1.82, 2.24) is 9.97 Å². The van der Waals surface area contributed by atoms with Gasteiger partial charge in [-0.1, -0.05) is 17.4 Å². The molecule has 0 radical (unpaired) electrons. The van der Waals surface area contributed by atoms with Gasteiger partial charge in [0.1, 0.15) is 0 Å². The molecule has 0 bridgehead atoms. The molecule has 0 saturated heterocycles. The van der Waals surface area contributed by atoms with Crippen LogP contribution in [0.25, 0.3) is 21.3 Å². The second-order valence-electron chi connectivity index (χ2n) is 5.03. The molecule has 1 aromatic carbocycles. The lowest BCUT2D eigenvalue weighted by atomic mass is 10.1. The smallest absolute Gasteiger partial charge is 0.223 e. The molecule has 0 aliphatic rings. The van der Waals surface area contributed by atoms with E-state index in [9.17, 15) is 9.59 Å². The molecule has 0 unspecified atom stereocenters. The van der Waals surface area contributed by atoms with E-state index in [1.165, 1.54) is 25.2 Å². The van der Waals surface area contributed by atoms with Gasteiger partial charge >= 0.3 is 0 Å². The lowest BCUT2D eigenvalue weighted by molar-refractivity contribution is -0.115. The molecular weight excluding hydrogens is 312 g/mol. The number of nitrogens with zero attached hydrogens (tertiary/aromatic N) is 2. The summed E-state index contributed by atoms with van der Waals surface area (Å²) in [5.74, 6) is -0.279. The maximum absolute atomic E-state index is 11.1. The normalized spacial score (nSPS) is 10.5. The van der Waals surface area contributed by atoms with E-state index in [4.69, 9.17) is 0 Å². The zero-order chi connectivity index (χ0) is 16.4. The summed E-state index contributed by atoms with van der Waals surface area (Å²) in [5, 5.41) is 5.99. The van der Waals surface area contributed by atoms with Crippen molar-refractivity contribution >= 4 is 44.2 Å². The summed E-state index contributed by atoms with van der Waals surface area (Å²) >= 11 is 1.42. The number of anilines is 2. The molecule has 0 fully saturated rings. The van der Waals surface area contributed by atoms with Crippen LogP contribution in [0.4, 0.5) is 10.8 Å². The van der Waals surface area contributed by atoms with Crippen LogP contribution in [-0.2, 0) is 9.59 Å². The summed E-state index contributed by atoms with van der Waals surface area (Å²) in [6, 6.07) is 7.70. The molecule has 3 aromatic rings. The first-order chi connectivity index (χ1) is 11.0. The van der Waals surface area contributed by atoms with E-state index in [0.717, 1.165) is 21.3 Å². The molecule has 2 N–H and O–H groups in total. The Morgan fingerprint density at radius 3 is 2.52 bits per heavy atom. The molecule has 0 aliphatic heterocycles. The molecular formula is C16H14N4O2S. The van der Waals surface area contributed by atoms with E-state index < -0.39 is 0 Å². The minimum atomic E-state index is -0.142. The van der Waals surface area contributed by atoms with Gasteiger partial charge in [0.25, 0.3) is 0 Å². The molecule has 0 aliphatic carbocycles. The Bertz CT molecular complexity index is 904. The first-order valence-corrected chi connectivity index (χ1v) is 7.74. The monoisotopic (exact) mass is 326 g/mol. The van der Waals surface area contributed by atoms with Gasteiger partial charge in [-0.25, -0.2) is 4.98 Å². The van der Waals surface area contributed by atoms with Gasteiger partial charge in [-0.15, -0.1) is 0 Å². The molecule has 0 saturated carbocycles. The molecule has 6 nitrogen and oxygen atoms in total. The summed E-state index contributed by atoms with van der Waals surface area (Å²) in [4.78, 5) is 30.8. The van der Waals surface area contributed by atoms with Crippen LogP contribution >= 0.6 is 11.3 Å². The van der Waals surface area contributed by atoms with E-state index >= 15 is 0 Å². The molecule has 2 aromatic heterocycles. The Hall–Kier alpha value is -2.80. The van der Waals surface area contributed by atoms with Crippen LogP contribution in [0.2, 0.25) is 0 Å². The van der Waals surface area contributed by atoms with Gasteiger partial charge in [-0.3, -0.25) is 14.6 Å². The third-order valence-corrected chi connectivity index (χ3v) is 4.00.